The molecule has 0 aromatic heterocycles. The zero-order valence-corrected chi connectivity index (χ0v) is 9.78. The van der Waals surface area contributed by atoms with Gasteiger partial charge in [-0.3, -0.25) is 0 Å². The first-order valence-electron chi connectivity index (χ1n) is 4.47. The highest BCUT2D eigenvalue weighted by Crippen LogP contribution is 2.20. The molecule has 0 spiro atoms. The molecule has 0 bridgehead atoms. The molecule has 16 heavy (non-hydrogen) atoms. The predicted octanol–water partition coefficient (Wildman–Crippen LogP) is 4.09. The van der Waals surface area contributed by atoms with Crippen molar-refractivity contribution in [3.05, 3.63) is 58.6 Å². The van der Waals surface area contributed by atoms with E-state index in [1.807, 2.05) is 0 Å². The molecule has 0 radical (unpaired) electrons. The Kier molecular flexibility index (Phi) is 4.96. The average molecular weight is 257 g/mol. The fraction of sp³-hybridized carbons (Fsp3) is 0. The number of para-hydroxylation sites is 1. The lowest BCUT2D eigenvalue weighted by atomic mass is 10.3. The van der Waals surface area contributed by atoms with Crippen LogP contribution in [0, 0.1) is 0 Å². The van der Waals surface area contributed by atoms with E-state index in [1.54, 1.807) is 48.5 Å². The lowest BCUT2D eigenvalue weighted by molar-refractivity contribution is 0.475. The summed E-state index contributed by atoms with van der Waals surface area (Å²) in [5.41, 5.74) is 0. The normalized spacial score (nSPS) is 9.12. The first-order chi connectivity index (χ1) is 7.59. The lowest BCUT2D eigenvalue weighted by Crippen LogP contribution is -1.62. The Balaban J connectivity index is 0.000000160. The molecule has 2 aromatic rings. The van der Waals surface area contributed by atoms with E-state index in [-0.39, 0.29) is 11.5 Å². The third kappa shape index (κ3) is 4.43. The molecule has 0 fully saturated rings. The summed E-state index contributed by atoms with van der Waals surface area (Å²) in [6, 6.07) is 13.0. The second-order valence-corrected chi connectivity index (χ2v) is 3.77. The summed E-state index contributed by atoms with van der Waals surface area (Å²) >= 11 is 11.0. The lowest BCUT2D eigenvalue weighted by Gasteiger charge is -1.89. The SMILES string of the molecule is Oc1ccc(Cl)cc1.Oc1ccccc1Cl. The number of hydrogen-bond acceptors (Lipinski definition) is 2. The van der Waals surface area contributed by atoms with Gasteiger partial charge in [-0.05, 0) is 36.4 Å². The molecular formula is C12H10Cl2O2. The van der Waals surface area contributed by atoms with Crippen LogP contribution in [0.5, 0.6) is 11.5 Å². The van der Waals surface area contributed by atoms with E-state index in [0.29, 0.717) is 10.0 Å². The van der Waals surface area contributed by atoms with E-state index in [2.05, 4.69) is 0 Å². The number of aromatic hydroxyl groups is 2. The molecule has 0 aliphatic carbocycles. The topological polar surface area (TPSA) is 40.5 Å². The molecular weight excluding hydrogens is 247 g/mol. The van der Waals surface area contributed by atoms with Gasteiger partial charge in [0.15, 0.2) is 0 Å². The van der Waals surface area contributed by atoms with Crippen molar-refractivity contribution >= 4 is 23.2 Å². The maximum absolute atomic E-state index is 8.79. The Bertz CT molecular complexity index is 399. The fourth-order valence-electron chi connectivity index (χ4n) is 0.893. The highest BCUT2D eigenvalue weighted by molar-refractivity contribution is 6.32. The van der Waals surface area contributed by atoms with Crippen LogP contribution in [0.3, 0.4) is 0 Å². The van der Waals surface area contributed by atoms with Crippen LogP contribution in [0.1, 0.15) is 0 Å². The molecule has 84 valence electrons. The summed E-state index contributed by atoms with van der Waals surface area (Å²) in [5, 5.41) is 18.5. The maximum atomic E-state index is 8.79. The van der Waals surface area contributed by atoms with Gasteiger partial charge in [0, 0.05) is 5.02 Å². The van der Waals surface area contributed by atoms with Gasteiger partial charge in [-0.15, -0.1) is 0 Å². The predicted molar refractivity (Wildman–Crippen MR) is 66.2 cm³/mol. The number of halogens is 2. The van der Waals surface area contributed by atoms with Gasteiger partial charge in [0.2, 0.25) is 0 Å². The Hall–Kier alpha value is -1.38. The molecule has 0 saturated carbocycles. The van der Waals surface area contributed by atoms with E-state index in [0.717, 1.165) is 0 Å². The van der Waals surface area contributed by atoms with E-state index < -0.39 is 0 Å². The molecule has 0 saturated heterocycles. The molecule has 0 atom stereocenters. The number of benzene rings is 2. The van der Waals surface area contributed by atoms with Crippen molar-refractivity contribution in [2.24, 2.45) is 0 Å². The minimum Gasteiger partial charge on any atom is -0.508 e. The molecule has 0 amide bonds. The van der Waals surface area contributed by atoms with Crippen LogP contribution >= 0.6 is 23.2 Å². The summed E-state index contributed by atoms with van der Waals surface area (Å²) in [6.07, 6.45) is 0. The van der Waals surface area contributed by atoms with E-state index >= 15 is 0 Å². The Morgan fingerprint density at radius 1 is 0.750 bits per heavy atom. The van der Waals surface area contributed by atoms with Crippen molar-refractivity contribution in [2.45, 2.75) is 0 Å². The molecule has 0 aliphatic heterocycles. The molecule has 2 N–H and O–H groups in total. The average Bonchev–Trinajstić information content (AvgIpc) is 2.28. The molecule has 0 aliphatic rings. The molecule has 4 heteroatoms. The highest BCUT2D eigenvalue weighted by atomic mass is 35.5. The minimum atomic E-state index is 0.133. The Morgan fingerprint density at radius 2 is 1.31 bits per heavy atom. The van der Waals surface area contributed by atoms with Gasteiger partial charge in [0.25, 0.3) is 0 Å². The zero-order chi connectivity index (χ0) is 12.0. The monoisotopic (exact) mass is 256 g/mol. The Morgan fingerprint density at radius 3 is 1.69 bits per heavy atom. The second kappa shape index (κ2) is 6.26. The van der Waals surface area contributed by atoms with Crippen molar-refractivity contribution in [2.75, 3.05) is 0 Å². The van der Waals surface area contributed by atoms with Gasteiger partial charge in [-0.25, -0.2) is 0 Å². The van der Waals surface area contributed by atoms with Crippen molar-refractivity contribution in [1.29, 1.82) is 0 Å². The first kappa shape index (κ1) is 12.7. The highest BCUT2D eigenvalue weighted by Gasteiger charge is 1.89. The molecule has 2 nitrogen and oxygen atoms in total. The quantitative estimate of drug-likeness (QED) is 0.746. The third-order valence-corrected chi connectivity index (χ3v) is 2.25. The fourth-order valence-corrected chi connectivity index (χ4v) is 1.15. The van der Waals surface area contributed by atoms with Crippen molar-refractivity contribution in [3.63, 3.8) is 0 Å². The summed E-state index contributed by atoms with van der Waals surface area (Å²) in [6.45, 7) is 0. The van der Waals surface area contributed by atoms with E-state index in [1.165, 1.54) is 0 Å². The minimum absolute atomic E-state index is 0.133. The smallest absolute Gasteiger partial charge is 0.134 e. The van der Waals surface area contributed by atoms with Gasteiger partial charge in [0.05, 0.1) is 5.02 Å². The maximum Gasteiger partial charge on any atom is 0.134 e. The first-order valence-corrected chi connectivity index (χ1v) is 5.23. The van der Waals surface area contributed by atoms with Crippen molar-refractivity contribution < 1.29 is 10.2 Å². The van der Waals surface area contributed by atoms with Gasteiger partial charge in [0.1, 0.15) is 11.5 Å². The number of hydrogen-bond donors (Lipinski definition) is 2. The summed E-state index contributed by atoms with van der Waals surface area (Å²) in [7, 11) is 0. The van der Waals surface area contributed by atoms with Crippen LogP contribution in [-0.2, 0) is 0 Å². The van der Waals surface area contributed by atoms with Crippen molar-refractivity contribution in [3.8, 4) is 11.5 Å². The van der Waals surface area contributed by atoms with Crippen LogP contribution in [0.15, 0.2) is 48.5 Å². The molecule has 0 heterocycles. The van der Waals surface area contributed by atoms with Crippen LogP contribution in [0.2, 0.25) is 10.0 Å². The molecule has 2 rings (SSSR count). The molecule has 2 aromatic carbocycles. The van der Waals surface area contributed by atoms with Crippen molar-refractivity contribution in [1.82, 2.24) is 0 Å². The number of phenols is 2. The van der Waals surface area contributed by atoms with Crippen LogP contribution < -0.4 is 0 Å². The van der Waals surface area contributed by atoms with Crippen LogP contribution in [0.4, 0.5) is 0 Å². The summed E-state index contributed by atoms with van der Waals surface area (Å²) in [5.74, 6) is 0.378. The number of rotatable bonds is 0. The Labute approximate surface area is 104 Å². The largest absolute Gasteiger partial charge is 0.508 e. The van der Waals surface area contributed by atoms with Gasteiger partial charge in [-0.1, -0.05) is 35.3 Å². The van der Waals surface area contributed by atoms with Gasteiger partial charge >= 0.3 is 0 Å². The summed E-state index contributed by atoms with van der Waals surface area (Å²) < 4.78 is 0. The van der Waals surface area contributed by atoms with Gasteiger partial charge < -0.3 is 10.2 Å². The van der Waals surface area contributed by atoms with Crippen LogP contribution in [0.25, 0.3) is 0 Å². The van der Waals surface area contributed by atoms with Gasteiger partial charge in [-0.2, -0.15) is 0 Å². The molecule has 0 unspecified atom stereocenters. The van der Waals surface area contributed by atoms with Crippen LogP contribution in [-0.4, -0.2) is 10.2 Å². The standard InChI is InChI=1S/2C6H5ClO/c7-5-1-3-6(8)4-2-5;7-5-3-1-2-4-6(5)8/h2*1-4,8H. The van der Waals surface area contributed by atoms with E-state index in [9.17, 15) is 0 Å². The zero-order valence-electron chi connectivity index (χ0n) is 8.27. The second-order valence-electron chi connectivity index (χ2n) is 2.93. The summed E-state index contributed by atoms with van der Waals surface area (Å²) in [4.78, 5) is 0. The third-order valence-electron chi connectivity index (χ3n) is 1.68. The number of phenolic OH excluding ortho intramolecular Hbond substituents is 2. The van der Waals surface area contributed by atoms with E-state index in [4.69, 9.17) is 33.4 Å².